The van der Waals surface area contributed by atoms with E-state index in [4.69, 9.17) is 5.11 Å². The predicted molar refractivity (Wildman–Crippen MR) is 66.7 cm³/mol. The molecule has 0 bridgehead atoms. The zero-order valence-corrected chi connectivity index (χ0v) is 10.4. The van der Waals surface area contributed by atoms with Gasteiger partial charge in [-0.15, -0.1) is 0 Å². The van der Waals surface area contributed by atoms with Crippen LogP contribution in [-0.2, 0) is 4.79 Å². The number of nitrogens with one attached hydrogen (secondary N) is 1. The number of H-pyrrole nitrogens is 1. The minimum Gasteiger partial charge on any atom is -0.481 e. The lowest BCUT2D eigenvalue weighted by Gasteiger charge is -2.06. The Labute approximate surface area is 102 Å². The number of hydrogen-bond donors (Lipinski definition) is 2. The maximum absolute atomic E-state index is 11.0. The van der Waals surface area contributed by atoms with Gasteiger partial charge in [-0.3, -0.25) is 4.79 Å². The molecule has 0 spiro atoms. The maximum Gasteiger partial charge on any atom is 0.312 e. The van der Waals surface area contributed by atoms with Crippen LogP contribution in [-0.4, -0.2) is 16.1 Å². The molecule has 1 heterocycles. The number of fused-ring (bicyclic) bond motifs is 1. The zero-order chi connectivity index (χ0) is 11.7. The normalized spacial score (nSPS) is 12.9. The molecular weight excluding hydrogens is 270 g/mol. The van der Waals surface area contributed by atoms with Crippen molar-refractivity contribution in [1.82, 2.24) is 4.98 Å². The van der Waals surface area contributed by atoms with E-state index in [-0.39, 0.29) is 0 Å². The van der Waals surface area contributed by atoms with Gasteiger partial charge in [0.15, 0.2) is 0 Å². The Kier molecular flexibility index (Phi) is 3.01. The summed E-state index contributed by atoms with van der Waals surface area (Å²) in [5, 5.41) is 10.1. The highest BCUT2D eigenvalue weighted by Crippen LogP contribution is 2.26. The van der Waals surface area contributed by atoms with Crippen molar-refractivity contribution in [2.75, 3.05) is 0 Å². The van der Waals surface area contributed by atoms with Crippen LogP contribution in [0.4, 0.5) is 0 Å². The van der Waals surface area contributed by atoms with Crippen LogP contribution in [0, 0.1) is 0 Å². The van der Waals surface area contributed by atoms with Gasteiger partial charge in [-0.1, -0.05) is 22.9 Å². The quantitative estimate of drug-likeness (QED) is 0.905. The van der Waals surface area contributed by atoms with Crippen LogP contribution in [0.1, 0.15) is 25.0 Å². The first-order valence-electron chi connectivity index (χ1n) is 5.12. The third-order valence-corrected chi connectivity index (χ3v) is 3.18. The summed E-state index contributed by atoms with van der Waals surface area (Å²) in [5.74, 6) is -1.24. The van der Waals surface area contributed by atoms with Crippen LogP contribution in [0.15, 0.2) is 28.7 Å². The van der Waals surface area contributed by atoms with E-state index in [9.17, 15) is 4.79 Å². The summed E-state index contributed by atoms with van der Waals surface area (Å²) in [6.45, 7) is 1.88. The van der Waals surface area contributed by atoms with Crippen LogP contribution in [0.25, 0.3) is 10.9 Å². The number of hydrogen-bond acceptors (Lipinski definition) is 1. The number of carboxylic acids is 1. The fourth-order valence-corrected chi connectivity index (χ4v) is 2.22. The Morgan fingerprint density at radius 1 is 1.50 bits per heavy atom. The molecule has 2 rings (SSSR count). The Hall–Kier alpha value is -1.29. The van der Waals surface area contributed by atoms with Crippen LogP contribution in [0.5, 0.6) is 0 Å². The highest BCUT2D eigenvalue weighted by atomic mass is 79.9. The molecule has 1 unspecified atom stereocenters. The van der Waals surface area contributed by atoms with Gasteiger partial charge in [0, 0.05) is 21.1 Å². The van der Waals surface area contributed by atoms with Gasteiger partial charge in [0.25, 0.3) is 0 Å². The summed E-state index contributed by atoms with van der Waals surface area (Å²) in [6, 6.07) is 7.76. The number of carbonyl (C=O) groups is 1. The van der Waals surface area contributed by atoms with Crippen molar-refractivity contribution in [1.29, 1.82) is 0 Å². The smallest absolute Gasteiger partial charge is 0.312 e. The highest BCUT2D eigenvalue weighted by Gasteiger charge is 2.19. The molecule has 1 aromatic carbocycles. The van der Waals surface area contributed by atoms with Crippen LogP contribution >= 0.6 is 15.9 Å². The van der Waals surface area contributed by atoms with E-state index in [1.165, 1.54) is 0 Å². The number of aromatic amines is 1. The minimum atomic E-state index is -0.784. The number of aliphatic carboxylic acids is 1. The van der Waals surface area contributed by atoms with Gasteiger partial charge >= 0.3 is 5.97 Å². The van der Waals surface area contributed by atoms with Crippen molar-refractivity contribution < 1.29 is 9.90 Å². The molecule has 0 radical (unpaired) electrons. The molecule has 16 heavy (non-hydrogen) atoms. The van der Waals surface area contributed by atoms with E-state index < -0.39 is 11.9 Å². The maximum atomic E-state index is 11.0. The molecule has 0 saturated carbocycles. The van der Waals surface area contributed by atoms with E-state index in [1.54, 1.807) is 0 Å². The van der Waals surface area contributed by atoms with Crippen molar-refractivity contribution in [3.8, 4) is 0 Å². The van der Waals surface area contributed by atoms with Gasteiger partial charge in [-0.05, 0) is 30.7 Å². The van der Waals surface area contributed by atoms with Gasteiger partial charge < -0.3 is 10.1 Å². The molecule has 0 aliphatic rings. The number of aromatic nitrogens is 1. The average Bonchev–Trinajstić information content (AvgIpc) is 2.60. The van der Waals surface area contributed by atoms with E-state index >= 15 is 0 Å². The van der Waals surface area contributed by atoms with Crippen LogP contribution < -0.4 is 0 Å². The second-order valence-electron chi connectivity index (χ2n) is 3.76. The highest BCUT2D eigenvalue weighted by molar-refractivity contribution is 9.10. The summed E-state index contributed by atoms with van der Waals surface area (Å²) in [7, 11) is 0. The molecule has 1 atom stereocenters. The summed E-state index contributed by atoms with van der Waals surface area (Å²) < 4.78 is 0.994. The van der Waals surface area contributed by atoms with E-state index in [0.717, 1.165) is 21.1 Å². The van der Waals surface area contributed by atoms with Gasteiger partial charge in [-0.2, -0.15) is 0 Å². The first kappa shape index (κ1) is 11.2. The Balaban J connectivity index is 2.49. The van der Waals surface area contributed by atoms with Gasteiger partial charge in [0.05, 0.1) is 5.92 Å². The van der Waals surface area contributed by atoms with Crippen molar-refractivity contribution >= 4 is 32.8 Å². The number of carboxylic acid groups (broad SMARTS) is 1. The second kappa shape index (κ2) is 4.29. The Morgan fingerprint density at radius 3 is 2.88 bits per heavy atom. The molecule has 0 fully saturated rings. The Morgan fingerprint density at radius 2 is 2.25 bits per heavy atom. The summed E-state index contributed by atoms with van der Waals surface area (Å²) in [4.78, 5) is 14.2. The fraction of sp³-hybridized carbons (Fsp3) is 0.250. The summed E-state index contributed by atoms with van der Waals surface area (Å²) in [5.41, 5.74) is 1.74. The lowest BCUT2D eigenvalue weighted by atomic mass is 10.0. The van der Waals surface area contributed by atoms with E-state index in [0.29, 0.717) is 6.42 Å². The standard InChI is InChI=1S/C12H12BrNO2/c1-2-9(12(15)16)11-6-7-5-8(13)3-4-10(7)14-11/h3-6,9,14H,2H2,1H3,(H,15,16). The molecule has 4 heteroatoms. The van der Waals surface area contributed by atoms with Crippen LogP contribution in [0.3, 0.4) is 0 Å². The van der Waals surface area contributed by atoms with Crippen molar-refractivity contribution in [3.05, 3.63) is 34.4 Å². The molecule has 0 aliphatic carbocycles. The molecule has 0 saturated heterocycles. The molecule has 2 aromatic rings. The monoisotopic (exact) mass is 281 g/mol. The predicted octanol–water partition coefficient (Wildman–Crippen LogP) is 3.51. The minimum absolute atomic E-state index is 0.453. The van der Waals surface area contributed by atoms with E-state index in [2.05, 4.69) is 20.9 Å². The molecule has 84 valence electrons. The number of rotatable bonds is 3. The van der Waals surface area contributed by atoms with E-state index in [1.807, 2.05) is 31.2 Å². The lowest BCUT2D eigenvalue weighted by Crippen LogP contribution is -2.10. The second-order valence-corrected chi connectivity index (χ2v) is 4.67. The largest absolute Gasteiger partial charge is 0.481 e. The van der Waals surface area contributed by atoms with Crippen molar-refractivity contribution in [3.63, 3.8) is 0 Å². The average molecular weight is 282 g/mol. The third-order valence-electron chi connectivity index (χ3n) is 2.69. The number of benzene rings is 1. The van der Waals surface area contributed by atoms with Crippen molar-refractivity contribution in [2.24, 2.45) is 0 Å². The Bertz CT molecular complexity index is 533. The van der Waals surface area contributed by atoms with Crippen LogP contribution in [0.2, 0.25) is 0 Å². The first-order valence-corrected chi connectivity index (χ1v) is 5.92. The lowest BCUT2D eigenvalue weighted by molar-refractivity contribution is -0.138. The SMILES string of the molecule is CCC(C(=O)O)c1cc2cc(Br)ccc2[nH]1. The molecular formula is C12H12BrNO2. The fourth-order valence-electron chi connectivity index (χ4n) is 1.84. The zero-order valence-electron chi connectivity index (χ0n) is 8.83. The summed E-state index contributed by atoms with van der Waals surface area (Å²) >= 11 is 3.39. The van der Waals surface area contributed by atoms with Gasteiger partial charge in [0.2, 0.25) is 0 Å². The molecule has 3 nitrogen and oxygen atoms in total. The third kappa shape index (κ3) is 1.97. The molecule has 0 amide bonds. The summed E-state index contributed by atoms with van der Waals surface area (Å²) in [6.07, 6.45) is 0.587. The molecule has 0 aliphatic heterocycles. The van der Waals surface area contributed by atoms with Gasteiger partial charge in [-0.25, -0.2) is 0 Å². The number of halogens is 1. The molecule has 2 N–H and O–H groups in total. The topological polar surface area (TPSA) is 53.1 Å². The van der Waals surface area contributed by atoms with Crippen molar-refractivity contribution in [2.45, 2.75) is 19.3 Å². The van der Waals surface area contributed by atoms with Gasteiger partial charge in [0.1, 0.15) is 0 Å². The molecule has 1 aromatic heterocycles. The first-order chi connectivity index (χ1) is 7.61.